The van der Waals surface area contributed by atoms with Crippen molar-refractivity contribution in [1.29, 1.82) is 0 Å². The van der Waals surface area contributed by atoms with Crippen LogP contribution in [-0.2, 0) is 18.4 Å². The third-order valence-corrected chi connectivity index (χ3v) is 10.7. The summed E-state index contributed by atoms with van der Waals surface area (Å²) in [5.41, 5.74) is 0. The van der Waals surface area contributed by atoms with E-state index in [1.54, 1.807) is 6.08 Å². The van der Waals surface area contributed by atoms with Crippen molar-refractivity contribution in [2.24, 2.45) is 0 Å². The normalized spacial score (nSPS) is 14.9. The van der Waals surface area contributed by atoms with Gasteiger partial charge in [-0.2, -0.15) is 0 Å². The predicted molar refractivity (Wildman–Crippen MR) is 237 cm³/mol. The van der Waals surface area contributed by atoms with Crippen LogP contribution in [0.3, 0.4) is 0 Å². The fourth-order valence-electron chi connectivity index (χ4n) is 6.10. The van der Waals surface area contributed by atoms with E-state index in [1.807, 2.05) is 27.2 Å². The molecule has 326 valence electrons. The first-order valence-electron chi connectivity index (χ1n) is 22.7. The number of quaternary nitrogens is 1. The lowest BCUT2D eigenvalue weighted by Gasteiger charge is -2.29. The van der Waals surface area contributed by atoms with Gasteiger partial charge in [0.05, 0.1) is 39.9 Å². The number of hydrogen-bond acceptors (Lipinski definition) is 6. The Kier molecular flexibility index (Phi) is 37.5. The second-order valence-electron chi connectivity index (χ2n) is 16.4. The molecule has 2 N–H and O–H groups in total. The van der Waals surface area contributed by atoms with E-state index in [9.17, 15) is 19.4 Å². The van der Waals surface area contributed by atoms with E-state index in [0.717, 1.165) is 64.2 Å². The maximum absolute atomic E-state index is 12.9. The molecule has 0 spiro atoms. The highest BCUT2D eigenvalue weighted by Gasteiger charge is 2.23. The van der Waals surface area contributed by atoms with E-state index in [-0.39, 0.29) is 12.5 Å². The van der Waals surface area contributed by atoms with E-state index in [1.165, 1.54) is 96.3 Å². The van der Waals surface area contributed by atoms with Crippen molar-refractivity contribution in [3.8, 4) is 0 Å². The third-order valence-electron chi connectivity index (χ3n) is 9.69. The first-order valence-corrected chi connectivity index (χ1v) is 24.1. The van der Waals surface area contributed by atoms with Gasteiger partial charge in [0.2, 0.25) is 5.91 Å². The van der Waals surface area contributed by atoms with Gasteiger partial charge in [-0.1, -0.05) is 164 Å². The topological polar surface area (TPSA) is 108 Å². The highest BCUT2D eigenvalue weighted by atomic mass is 31.2. The zero-order chi connectivity index (χ0) is 41.4. The summed E-state index contributed by atoms with van der Waals surface area (Å²) < 4.78 is 23.2. The van der Waals surface area contributed by atoms with Gasteiger partial charge in [-0.25, -0.2) is 0 Å². The summed E-state index contributed by atoms with van der Waals surface area (Å²) >= 11 is 0. The van der Waals surface area contributed by atoms with Crippen LogP contribution in [0.1, 0.15) is 181 Å². The molecule has 0 aliphatic rings. The van der Waals surface area contributed by atoms with Crippen molar-refractivity contribution in [2.75, 3.05) is 40.9 Å². The number of unbranched alkanes of at least 4 members (excludes halogenated alkanes) is 19. The molecular weight excluding hydrogens is 719 g/mol. The van der Waals surface area contributed by atoms with Gasteiger partial charge in [0.15, 0.2) is 0 Å². The Labute approximate surface area is 345 Å². The Morgan fingerprint density at radius 1 is 0.643 bits per heavy atom. The smallest absolute Gasteiger partial charge is 0.268 e. The molecule has 0 aliphatic carbocycles. The minimum Gasteiger partial charge on any atom is -0.756 e. The molecular formula is C47H87N2O6P. The number of likely N-dealkylation sites (N-methyl/N-ethyl adjacent to an activating group) is 1. The molecule has 3 atom stereocenters. The van der Waals surface area contributed by atoms with Crippen LogP contribution in [0.15, 0.2) is 60.8 Å². The van der Waals surface area contributed by atoms with Crippen molar-refractivity contribution in [1.82, 2.24) is 5.32 Å². The summed E-state index contributed by atoms with van der Waals surface area (Å²) in [6.45, 7) is 4.47. The summed E-state index contributed by atoms with van der Waals surface area (Å²) in [6, 6.07) is -0.909. The van der Waals surface area contributed by atoms with Crippen LogP contribution in [0.5, 0.6) is 0 Å². The minimum atomic E-state index is -4.60. The van der Waals surface area contributed by atoms with Crippen LogP contribution in [0.4, 0.5) is 0 Å². The number of phosphoric acid groups is 1. The standard InChI is InChI=1S/C47H87N2O6P/c1-6-8-10-12-14-16-18-20-21-22-23-24-25-26-27-29-31-33-35-37-39-41-47(51)48-45(44-55-56(52,53)54-43-42-49(3,4)5)46(50)40-38-36-34-32-30-28-19-17-15-13-11-9-7-2/h8,10,14-17,30,32,38,40,45-46,50H,6-7,9,11-13,18-29,31,33-37,39,41-44H2,1-5H3,(H-,48,51,52,53)/b10-8-,16-14-,17-15+,32-30+,40-38+. The number of aliphatic hydroxyl groups excluding tert-OH is 1. The largest absolute Gasteiger partial charge is 0.756 e. The molecule has 9 heteroatoms. The predicted octanol–water partition coefficient (Wildman–Crippen LogP) is 12.0. The van der Waals surface area contributed by atoms with E-state index < -0.39 is 26.6 Å². The molecule has 3 unspecified atom stereocenters. The third kappa shape index (κ3) is 40.4. The van der Waals surface area contributed by atoms with Crippen LogP contribution in [0.25, 0.3) is 0 Å². The van der Waals surface area contributed by atoms with Gasteiger partial charge >= 0.3 is 0 Å². The average Bonchev–Trinajstić information content (AvgIpc) is 3.15. The maximum Gasteiger partial charge on any atom is 0.268 e. The number of allylic oxidation sites excluding steroid dienone is 9. The number of rotatable bonds is 40. The molecule has 0 aromatic heterocycles. The molecule has 0 rings (SSSR count). The Balaban J connectivity index is 4.37. The number of carbonyl (C=O) groups is 1. The number of amides is 1. The molecule has 0 aromatic rings. The van der Waals surface area contributed by atoms with Gasteiger partial charge in [0, 0.05) is 6.42 Å². The maximum atomic E-state index is 12.9. The van der Waals surface area contributed by atoms with Gasteiger partial charge < -0.3 is 28.8 Å². The number of nitrogens with one attached hydrogen (secondary N) is 1. The first kappa shape index (κ1) is 54.2. The SMILES string of the molecule is CC/C=C\C/C=C\CCCCCCCCCCCCCCCCC(=O)NC(COP(=O)([O-])OCC[N+](C)(C)C)C(O)/C=C/CC/C=C/CC/C=C/CCCCC. The molecule has 1 amide bonds. The summed E-state index contributed by atoms with van der Waals surface area (Å²) in [5.74, 6) is -0.215. The molecule has 0 bridgehead atoms. The van der Waals surface area contributed by atoms with Gasteiger partial charge in [-0.15, -0.1) is 0 Å². The highest BCUT2D eigenvalue weighted by molar-refractivity contribution is 7.45. The summed E-state index contributed by atoms with van der Waals surface area (Å²) in [5, 5.41) is 13.7. The number of hydrogen-bond donors (Lipinski definition) is 2. The van der Waals surface area contributed by atoms with Gasteiger partial charge in [-0.3, -0.25) is 9.36 Å². The highest BCUT2D eigenvalue weighted by Crippen LogP contribution is 2.38. The van der Waals surface area contributed by atoms with Crippen molar-refractivity contribution in [3.63, 3.8) is 0 Å². The molecule has 0 fully saturated rings. The van der Waals surface area contributed by atoms with Crippen molar-refractivity contribution in [3.05, 3.63) is 60.8 Å². The van der Waals surface area contributed by atoms with Crippen molar-refractivity contribution < 1.29 is 32.9 Å². The molecule has 0 saturated heterocycles. The first-order chi connectivity index (χ1) is 27.0. The monoisotopic (exact) mass is 807 g/mol. The second-order valence-corrected chi connectivity index (χ2v) is 17.8. The van der Waals surface area contributed by atoms with E-state index in [0.29, 0.717) is 17.4 Å². The van der Waals surface area contributed by atoms with Gasteiger partial charge in [-0.05, 0) is 70.6 Å². The van der Waals surface area contributed by atoms with Crippen LogP contribution in [0.2, 0.25) is 0 Å². The molecule has 0 aromatic carbocycles. The lowest BCUT2D eigenvalue weighted by Crippen LogP contribution is -2.45. The Morgan fingerprint density at radius 2 is 1.11 bits per heavy atom. The molecule has 0 radical (unpaired) electrons. The van der Waals surface area contributed by atoms with Crippen molar-refractivity contribution >= 4 is 13.7 Å². The quantitative estimate of drug-likeness (QED) is 0.0276. The fraction of sp³-hybridized carbons (Fsp3) is 0.766. The lowest BCUT2D eigenvalue weighted by atomic mass is 10.0. The summed E-state index contributed by atoms with van der Waals surface area (Å²) in [6.07, 6.45) is 49.9. The molecule has 56 heavy (non-hydrogen) atoms. The Bertz CT molecular complexity index is 1100. The number of phosphoric ester groups is 1. The average molecular weight is 807 g/mol. The minimum absolute atomic E-state index is 0.0107. The molecule has 0 aliphatic heterocycles. The Morgan fingerprint density at radius 3 is 1.64 bits per heavy atom. The van der Waals surface area contributed by atoms with Crippen molar-refractivity contribution in [2.45, 2.75) is 193 Å². The van der Waals surface area contributed by atoms with E-state index in [4.69, 9.17) is 9.05 Å². The van der Waals surface area contributed by atoms with Crippen LogP contribution < -0.4 is 10.2 Å². The van der Waals surface area contributed by atoms with Crippen LogP contribution in [0, 0.1) is 0 Å². The zero-order valence-corrected chi connectivity index (χ0v) is 37.7. The fourth-order valence-corrected chi connectivity index (χ4v) is 6.83. The number of aliphatic hydroxyl groups is 1. The molecule has 0 heterocycles. The Hall–Kier alpha value is -1.80. The second kappa shape index (κ2) is 38.7. The number of carbonyl (C=O) groups excluding carboxylic acids is 1. The molecule has 8 nitrogen and oxygen atoms in total. The van der Waals surface area contributed by atoms with Gasteiger partial charge in [0.25, 0.3) is 7.82 Å². The summed E-state index contributed by atoms with van der Waals surface area (Å²) in [4.78, 5) is 25.3. The van der Waals surface area contributed by atoms with Gasteiger partial charge in [0.1, 0.15) is 13.2 Å². The number of nitrogens with zero attached hydrogens (tertiary/aromatic N) is 1. The van der Waals surface area contributed by atoms with E-state index in [2.05, 4.69) is 67.8 Å². The lowest BCUT2D eigenvalue weighted by molar-refractivity contribution is -0.870. The summed E-state index contributed by atoms with van der Waals surface area (Å²) in [7, 11) is 1.23. The zero-order valence-electron chi connectivity index (χ0n) is 36.8. The van der Waals surface area contributed by atoms with E-state index >= 15 is 0 Å². The molecule has 0 saturated carbocycles. The van der Waals surface area contributed by atoms with Crippen LogP contribution >= 0.6 is 7.82 Å². The van der Waals surface area contributed by atoms with Crippen LogP contribution in [-0.4, -0.2) is 68.5 Å².